The number of carbonyl (C=O) groups is 1. The number of aromatic amines is 1. The van der Waals surface area contributed by atoms with Crippen molar-refractivity contribution in [3.63, 3.8) is 0 Å². The number of unbranched alkanes of at least 4 members (excludes halogenated alkanes) is 1. The van der Waals surface area contributed by atoms with Gasteiger partial charge in [0.1, 0.15) is 17.2 Å². The van der Waals surface area contributed by atoms with Gasteiger partial charge in [-0.3, -0.25) is 4.79 Å². The molecule has 1 aromatic carbocycles. The SMILES string of the molecule is CCCCNc1nc(Nc2ccc(C(=O)N3CCOCC3)c3c2OCC3)nc2[nH]cc(C(F)(F)F)c12. The van der Waals surface area contributed by atoms with Crippen LogP contribution in [0.3, 0.4) is 0 Å². The molecule has 0 bridgehead atoms. The van der Waals surface area contributed by atoms with E-state index in [1.54, 1.807) is 17.0 Å². The zero-order chi connectivity index (χ0) is 25.3. The van der Waals surface area contributed by atoms with E-state index in [-0.39, 0.29) is 28.7 Å². The highest BCUT2D eigenvalue weighted by Crippen LogP contribution is 2.40. The number of carbonyl (C=O) groups excluding carboxylic acids is 1. The van der Waals surface area contributed by atoms with Crippen molar-refractivity contribution in [2.45, 2.75) is 32.4 Å². The Kier molecular flexibility index (Phi) is 6.61. The Morgan fingerprint density at radius 2 is 2.00 bits per heavy atom. The highest BCUT2D eigenvalue weighted by atomic mass is 19.4. The molecule has 0 aliphatic carbocycles. The molecule has 5 rings (SSSR count). The van der Waals surface area contributed by atoms with Gasteiger partial charge >= 0.3 is 6.18 Å². The van der Waals surface area contributed by atoms with Crippen LogP contribution in [0.25, 0.3) is 11.0 Å². The third kappa shape index (κ3) is 4.64. The molecule has 2 aliphatic heterocycles. The van der Waals surface area contributed by atoms with Gasteiger partial charge in [0.15, 0.2) is 0 Å². The number of benzene rings is 1. The van der Waals surface area contributed by atoms with Crippen LogP contribution in [0.15, 0.2) is 18.3 Å². The number of hydrogen-bond acceptors (Lipinski definition) is 7. The molecular weight excluding hydrogens is 477 g/mol. The van der Waals surface area contributed by atoms with E-state index < -0.39 is 11.7 Å². The minimum atomic E-state index is -4.55. The molecule has 0 unspecified atom stereocenters. The van der Waals surface area contributed by atoms with Crippen LogP contribution >= 0.6 is 0 Å². The number of nitrogens with zero attached hydrogens (tertiary/aromatic N) is 3. The fourth-order valence-electron chi connectivity index (χ4n) is 4.48. The number of halogens is 3. The van der Waals surface area contributed by atoms with Gasteiger partial charge < -0.3 is 30.0 Å². The Morgan fingerprint density at radius 3 is 2.75 bits per heavy atom. The number of rotatable bonds is 7. The lowest BCUT2D eigenvalue weighted by atomic mass is 10.0. The summed E-state index contributed by atoms with van der Waals surface area (Å²) in [6.45, 7) is 4.97. The Hall–Kier alpha value is -3.54. The van der Waals surface area contributed by atoms with Gasteiger partial charge in [0.05, 0.1) is 36.5 Å². The monoisotopic (exact) mass is 504 g/mol. The van der Waals surface area contributed by atoms with Crippen LogP contribution in [0, 0.1) is 0 Å². The van der Waals surface area contributed by atoms with Crippen molar-refractivity contribution in [3.8, 4) is 5.75 Å². The van der Waals surface area contributed by atoms with Crippen molar-refractivity contribution in [2.75, 3.05) is 50.1 Å². The number of anilines is 3. The zero-order valence-electron chi connectivity index (χ0n) is 19.8. The standard InChI is InChI=1S/C24H27F3N6O3/c1-2-3-7-28-20-18-16(24(25,26)27)13-29-21(18)32-23(31-20)30-17-5-4-15(14-6-10-36-19(14)17)22(34)33-8-11-35-12-9-33/h4-5,13H,2-3,6-12H2,1H3,(H3,28,29,30,31,32). The molecule has 192 valence electrons. The molecule has 12 heteroatoms. The van der Waals surface area contributed by atoms with E-state index in [2.05, 4.69) is 25.6 Å². The first-order valence-electron chi connectivity index (χ1n) is 12.0. The fourth-order valence-corrected chi connectivity index (χ4v) is 4.48. The van der Waals surface area contributed by atoms with Crippen LogP contribution in [0.1, 0.15) is 41.3 Å². The van der Waals surface area contributed by atoms with Crippen molar-refractivity contribution in [3.05, 3.63) is 35.0 Å². The Bertz CT molecular complexity index is 1270. The maximum atomic E-state index is 13.6. The summed E-state index contributed by atoms with van der Waals surface area (Å²) in [5.74, 6) is 0.668. The number of alkyl halides is 3. The lowest BCUT2D eigenvalue weighted by Gasteiger charge is -2.27. The zero-order valence-corrected chi connectivity index (χ0v) is 19.8. The van der Waals surface area contributed by atoms with Gasteiger partial charge in [-0.15, -0.1) is 0 Å². The second kappa shape index (κ2) is 9.84. The van der Waals surface area contributed by atoms with Crippen molar-refractivity contribution < 1.29 is 27.4 Å². The fraction of sp³-hybridized carbons (Fsp3) is 0.458. The summed E-state index contributed by atoms with van der Waals surface area (Å²) >= 11 is 0. The average Bonchev–Trinajstić information content (AvgIpc) is 3.52. The Labute approximate surface area is 205 Å². The van der Waals surface area contributed by atoms with Crippen LogP contribution in [-0.2, 0) is 17.3 Å². The minimum Gasteiger partial charge on any atom is -0.491 e. The first-order chi connectivity index (χ1) is 17.4. The summed E-state index contributed by atoms with van der Waals surface area (Å²) in [6.07, 6.45) is -1.41. The topological polar surface area (TPSA) is 104 Å². The Morgan fingerprint density at radius 1 is 1.19 bits per heavy atom. The minimum absolute atomic E-state index is 0.0653. The second-order valence-electron chi connectivity index (χ2n) is 8.70. The van der Waals surface area contributed by atoms with E-state index in [0.717, 1.165) is 24.6 Å². The van der Waals surface area contributed by atoms with Crippen LogP contribution in [0.5, 0.6) is 5.75 Å². The molecule has 36 heavy (non-hydrogen) atoms. The quantitative estimate of drug-likeness (QED) is 0.411. The lowest BCUT2D eigenvalue weighted by molar-refractivity contribution is -0.136. The lowest BCUT2D eigenvalue weighted by Crippen LogP contribution is -2.41. The summed E-state index contributed by atoms with van der Waals surface area (Å²) in [4.78, 5) is 26.1. The Balaban J connectivity index is 1.48. The van der Waals surface area contributed by atoms with Gasteiger partial charge in [0.2, 0.25) is 5.95 Å². The molecule has 3 N–H and O–H groups in total. The summed E-state index contributed by atoms with van der Waals surface area (Å²) in [5, 5.41) is 6.01. The molecule has 1 amide bonds. The largest absolute Gasteiger partial charge is 0.491 e. The molecule has 9 nitrogen and oxygen atoms in total. The summed E-state index contributed by atoms with van der Waals surface area (Å²) < 4.78 is 51.9. The van der Waals surface area contributed by atoms with Crippen LogP contribution in [0.2, 0.25) is 0 Å². The predicted molar refractivity (Wildman–Crippen MR) is 128 cm³/mol. The van der Waals surface area contributed by atoms with E-state index in [9.17, 15) is 18.0 Å². The molecule has 1 fully saturated rings. The maximum Gasteiger partial charge on any atom is 0.418 e. The van der Waals surface area contributed by atoms with E-state index in [0.29, 0.717) is 62.9 Å². The van der Waals surface area contributed by atoms with Gasteiger partial charge in [0, 0.05) is 43.4 Å². The van der Waals surface area contributed by atoms with Gasteiger partial charge in [0.25, 0.3) is 5.91 Å². The van der Waals surface area contributed by atoms with Crippen molar-refractivity contribution in [1.29, 1.82) is 0 Å². The van der Waals surface area contributed by atoms with E-state index >= 15 is 0 Å². The number of morpholine rings is 1. The van der Waals surface area contributed by atoms with E-state index in [1.807, 2.05) is 6.92 Å². The van der Waals surface area contributed by atoms with Crippen molar-refractivity contribution >= 4 is 34.4 Å². The number of hydrogen-bond donors (Lipinski definition) is 3. The van der Waals surface area contributed by atoms with E-state index in [1.165, 1.54) is 0 Å². The highest BCUT2D eigenvalue weighted by Gasteiger charge is 2.36. The third-order valence-electron chi connectivity index (χ3n) is 6.29. The van der Waals surface area contributed by atoms with Crippen LogP contribution in [-0.4, -0.2) is 65.2 Å². The molecule has 3 aromatic rings. The first-order valence-corrected chi connectivity index (χ1v) is 12.0. The number of fused-ring (bicyclic) bond motifs is 2. The number of amides is 1. The molecule has 2 aromatic heterocycles. The van der Waals surface area contributed by atoms with Gasteiger partial charge in [-0.2, -0.15) is 23.1 Å². The summed E-state index contributed by atoms with van der Waals surface area (Å²) in [7, 11) is 0. The number of ether oxygens (including phenoxy) is 2. The van der Waals surface area contributed by atoms with E-state index in [4.69, 9.17) is 9.47 Å². The summed E-state index contributed by atoms with van der Waals surface area (Å²) in [5.41, 5.74) is 1.15. The van der Waals surface area contributed by atoms with Crippen molar-refractivity contribution in [2.24, 2.45) is 0 Å². The number of nitrogens with one attached hydrogen (secondary N) is 3. The molecule has 0 atom stereocenters. The molecule has 0 radical (unpaired) electrons. The van der Waals surface area contributed by atoms with Gasteiger partial charge in [-0.25, -0.2) is 0 Å². The van der Waals surface area contributed by atoms with Gasteiger partial charge in [-0.1, -0.05) is 13.3 Å². The number of aromatic nitrogens is 3. The third-order valence-corrected chi connectivity index (χ3v) is 6.29. The van der Waals surface area contributed by atoms with Gasteiger partial charge in [-0.05, 0) is 18.6 Å². The first kappa shape index (κ1) is 24.2. The average molecular weight is 505 g/mol. The maximum absolute atomic E-state index is 13.6. The second-order valence-corrected chi connectivity index (χ2v) is 8.70. The smallest absolute Gasteiger partial charge is 0.418 e. The summed E-state index contributed by atoms with van der Waals surface area (Å²) in [6, 6.07) is 3.45. The molecule has 2 aliphatic rings. The number of H-pyrrole nitrogens is 1. The molecule has 0 saturated carbocycles. The molecular formula is C24H27F3N6O3. The molecule has 4 heterocycles. The van der Waals surface area contributed by atoms with Crippen LogP contribution in [0.4, 0.5) is 30.6 Å². The normalized spacial score (nSPS) is 15.6. The molecule has 1 saturated heterocycles. The molecule has 0 spiro atoms. The van der Waals surface area contributed by atoms with Crippen molar-refractivity contribution in [1.82, 2.24) is 19.9 Å². The highest BCUT2D eigenvalue weighted by molar-refractivity contribution is 5.98. The predicted octanol–water partition coefficient (Wildman–Crippen LogP) is 4.34. The van der Waals surface area contributed by atoms with Crippen LogP contribution < -0.4 is 15.4 Å².